The molecule has 5 heteroatoms. The molecule has 0 amide bonds. The molecule has 1 aliphatic rings. The maximum atomic E-state index is 10.3. The Bertz CT molecular complexity index is 421. The minimum Gasteiger partial charge on any atom is -0.389 e. The lowest BCUT2D eigenvalue weighted by molar-refractivity contribution is -0.0338. The van der Waals surface area contributed by atoms with Crippen LogP contribution in [-0.4, -0.2) is 34.7 Å². The van der Waals surface area contributed by atoms with Crippen molar-refractivity contribution in [3.8, 4) is 0 Å². The molecular formula is C14H23ClN2OS. The molecule has 0 aliphatic carbocycles. The van der Waals surface area contributed by atoms with Gasteiger partial charge in [-0.3, -0.25) is 4.90 Å². The molecule has 2 rings (SSSR count). The Morgan fingerprint density at radius 2 is 2.32 bits per heavy atom. The highest BCUT2D eigenvalue weighted by Crippen LogP contribution is 2.36. The van der Waals surface area contributed by atoms with Gasteiger partial charge in [-0.1, -0.05) is 18.5 Å². The summed E-state index contributed by atoms with van der Waals surface area (Å²) in [5.74, 6) is 0. The molecule has 0 bridgehead atoms. The Hall–Kier alpha value is -0.130. The Balaban J connectivity index is 2.22. The van der Waals surface area contributed by atoms with Crippen molar-refractivity contribution in [1.82, 2.24) is 4.90 Å². The number of nitrogens with zero attached hydrogens (tertiary/aromatic N) is 1. The average molecular weight is 303 g/mol. The number of piperidine rings is 1. The maximum Gasteiger partial charge on any atom is 0.0931 e. The summed E-state index contributed by atoms with van der Waals surface area (Å²) in [4.78, 5) is 3.52. The van der Waals surface area contributed by atoms with Gasteiger partial charge in [0.05, 0.1) is 16.0 Å². The zero-order valence-corrected chi connectivity index (χ0v) is 13.2. The number of aliphatic hydroxyl groups is 1. The summed E-state index contributed by atoms with van der Waals surface area (Å²) in [7, 11) is 0. The highest BCUT2D eigenvalue weighted by atomic mass is 35.5. The number of rotatable bonds is 4. The SMILES string of the molecule is CCC(N)C(c1ccc(Cl)s1)N1CCCC(C)(O)C1. The van der Waals surface area contributed by atoms with Crippen LogP contribution in [0.2, 0.25) is 4.34 Å². The van der Waals surface area contributed by atoms with Crippen molar-refractivity contribution in [1.29, 1.82) is 0 Å². The molecule has 3 unspecified atom stereocenters. The van der Waals surface area contributed by atoms with Gasteiger partial charge in [-0.25, -0.2) is 0 Å². The predicted octanol–water partition coefficient (Wildman–Crippen LogP) is 3.03. The first-order chi connectivity index (χ1) is 8.93. The molecule has 108 valence electrons. The zero-order valence-electron chi connectivity index (χ0n) is 11.6. The summed E-state index contributed by atoms with van der Waals surface area (Å²) in [6, 6.07) is 4.23. The minimum absolute atomic E-state index is 0.0728. The predicted molar refractivity (Wildman–Crippen MR) is 81.8 cm³/mol. The van der Waals surface area contributed by atoms with Gasteiger partial charge in [-0.15, -0.1) is 11.3 Å². The van der Waals surface area contributed by atoms with Gasteiger partial charge in [-0.2, -0.15) is 0 Å². The summed E-state index contributed by atoms with van der Waals surface area (Å²) < 4.78 is 0.798. The molecule has 3 nitrogen and oxygen atoms in total. The van der Waals surface area contributed by atoms with Crippen LogP contribution in [0.4, 0.5) is 0 Å². The molecule has 2 heterocycles. The molecule has 0 radical (unpaired) electrons. The number of halogens is 1. The molecule has 1 saturated heterocycles. The van der Waals surface area contributed by atoms with Gasteiger partial charge in [0, 0.05) is 17.5 Å². The Labute approximate surface area is 124 Å². The van der Waals surface area contributed by atoms with E-state index in [0.717, 1.165) is 30.1 Å². The number of likely N-dealkylation sites (tertiary alicyclic amines) is 1. The normalized spacial score (nSPS) is 28.3. The van der Waals surface area contributed by atoms with Gasteiger partial charge in [0.2, 0.25) is 0 Å². The van der Waals surface area contributed by atoms with Crippen molar-refractivity contribution in [2.24, 2.45) is 5.73 Å². The molecule has 0 aromatic carbocycles. The maximum absolute atomic E-state index is 10.3. The fourth-order valence-corrected chi connectivity index (χ4v) is 4.14. The first-order valence-electron chi connectivity index (χ1n) is 6.90. The number of hydrogen-bond donors (Lipinski definition) is 2. The molecule has 3 N–H and O–H groups in total. The monoisotopic (exact) mass is 302 g/mol. The third-order valence-corrected chi connectivity index (χ3v) is 5.16. The third-order valence-electron chi connectivity index (χ3n) is 3.86. The van der Waals surface area contributed by atoms with Crippen LogP contribution < -0.4 is 5.73 Å². The van der Waals surface area contributed by atoms with E-state index in [0.29, 0.717) is 6.54 Å². The van der Waals surface area contributed by atoms with E-state index in [4.69, 9.17) is 17.3 Å². The minimum atomic E-state index is -0.606. The molecule has 1 aromatic rings. The summed E-state index contributed by atoms with van der Waals surface area (Å²) >= 11 is 7.65. The second-order valence-electron chi connectivity index (χ2n) is 5.73. The van der Waals surface area contributed by atoms with Crippen molar-refractivity contribution in [3.63, 3.8) is 0 Å². The van der Waals surface area contributed by atoms with Crippen LogP contribution in [0.15, 0.2) is 12.1 Å². The lowest BCUT2D eigenvalue weighted by Crippen LogP contribution is -2.51. The smallest absolute Gasteiger partial charge is 0.0931 e. The number of hydrogen-bond acceptors (Lipinski definition) is 4. The summed E-state index contributed by atoms with van der Waals surface area (Å²) in [6.45, 7) is 5.69. The third kappa shape index (κ3) is 3.70. The molecule has 3 atom stereocenters. The largest absolute Gasteiger partial charge is 0.389 e. The number of β-amino-alcohol motifs (C(OH)–C–C–N with tert-alkyl or cyclic N) is 1. The van der Waals surface area contributed by atoms with Crippen LogP contribution in [0.3, 0.4) is 0 Å². The topological polar surface area (TPSA) is 49.5 Å². The van der Waals surface area contributed by atoms with Crippen LogP contribution in [0.5, 0.6) is 0 Å². The fraction of sp³-hybridized carbons (Fsp3) is 0.714. The van der Waals surface area contributed by atoms with Crippen LogP contribution in [-0.2, 0) is 0 Å². The molecule has 19 heavy (non-hydrogen) atoms. The molecule has 1 fully saturated rings. The van der Waals surface area contributed by atoms with Crippen LogP contribution >= 0.6 is 22.9 Å². The summed E-state index contributed by atoms with van der Waals surface area (Å²) in [5.41, 5.74) is 5.71. The Morgan fingerprint density at radius 3 is 2.84 bits per heavy atom. The van der Waals surface area contributed by atoms with Gasteiger partial charge >= 0.3 is 0 Å². The first kappa shape index (κ1) is 15.3. The summed E-state index contributed by atoms with van der Waals surface area (Å²) in [6.07, 6.45) is 2.79. The standard InChI is InChI=1S/C14H23ClN2OS/c1-3-10(16)13(11-5-6-12(15)19-11)17-8-4-7-14(2,18)9-17/h5-6,10,13,18H,3-4,7-9,16H2,1-2H3. The van der Waals surface area contributed by atoms with Crippen LogP contribution in [0.25, 0.3) is 0 Å². The molecule has 0 spiro atoms. The van der Waals surface area contributed by atoms with E-state index in [1.165, 1.54) is 4.88 Å². The van der Waals surface area contributed by atoms with Crippen LogP contribution in [0.1, 0.15) is 44.0 Å². The second kappa shape index (κ2) is 6.10. The lowest BCUT2D eigenvalue weighted by Gasteiger charge is -2.42. The molecule has 1 aliphatic heterocycles. The van der Waals surface area contributed by atoms with E-state index >= 15 is 0 Å². The van der Waals surface area contributed by atoms with Gasteiger partial charge in [0.25, 0.3) is 0 Å². The number of nitrogens with two attached hydrogens (primary N) is 1. The van der Waals surface area contributed by atoms with Crippen molar-refractivity contribution < 1.29 is 5.11 Å². The van der Waals surface area contributed by atoms with Gasteiger partial charge < -0.3 is 10.8 Å². The summed E-state index contributed by atoms with van der Waals surface area (Å²) in [5, 5.41) is 10.3. The van der Waals surface area contributed by atoms with Crippen LogP contribution in [0, 0.1) is 0 Å². The molecule has 0 saturated carbocycles. The van der Waals surface area contributed by atoms with Gasteiger partial charge in [-0.05, 0) is 44.9 Å². The second-order valence-corrected chi connectivity index (χ2v) is 7.48. The highest BCUT2D eigenvalue weighted by molar-refractivity contribution is 7.16. The molecular weight excluding hydrogens is 280 g/mol. The zero-order chi connectivity index (χ0) is 14.0. The van der Waals surface area contributed by atoms with Gasteiger partial charge in [0.15, 0.2) is 0 Å². The van der Waals surface area contributed by atoms with E-state index in [1.54, 1.807) is 11.3 Å². The van der Waals surface area contributed by atoms with Crippen molar-refractivity contribution in [3.05, 3.63) is 21.3 Å². The molecule has 1 aromatic heterocycles. The van der Waals surface area contributed by atoms with Crippen molar-refractivity contribution in [2.75, 3.05) is 13.1 Å². The van der Waals surface area contributed by atoms with Crippen molar-refractivity contribution in [2.45, 2.75) is 50.8 Å². The number of thiophene rings is 1. The highest BCUT2D eigenvalue weighted by Gasteiger charge is 2.35. The fourth-order valence-electron chi connectivity index (χ4n) is 2.87. The van der Waals surface area contributed by atoms with E-state index in [-0.39, 0.29) is 12.1 Å². The van der Waals surface area contributed by atoms with E-state index in [9.17, 15) is 5.11 Å². The van der Waals surface area contributed by atoms with Gasteiger partial charge in [0.1, 0.15) is 0 Å². The van der Waals surface area contributed by atoms with E-state index in [1.807, 2.05) is 13.0 Å². The first-order valence-corrected chi connectivity index (χ1v) is 8.09. The quantitative estimate of drug-likeness (QED) is 0.899. The van der Waals surface area contributed by atoms with Crippen molar-refractivity contribution >= 4 is 22.9 Å². The van der Waals surface area contributed by atoms with E-state index in [2.05, 4.69) is 17.9 Å². The average Bonchev–Trinajstić information content (AvgIpc) is 2.74. The Morgan fingerprint density at radius 1 is 1.58 bits per heavy atom. The van der Waals surface area contributed by atoms with E-state index < -0.39 is 5.60 Å². The Kier molecular flexibility index (Phi) is 4.90. The lowest BCUT2D eigenvalue weighted by atomic mass is 9.91.